The second kappa shape index (κ2) is 6.99. The molecule has 0 radical (unpaired) electrons. The molecular formula is C14H14BrCl2NO3. The van der Waals surface area contributed by atoms with E-state index in [2.05, 4.69) is 21.2 Å². The minimum atomic E-state index is -0.841. The van der Waals surface area contributed by atoms with Gasteiger partial charge in [-0.1, -0.05) is 45.6 Å². The molecule has 2 atom stereocenters. The molecule has 1 amide bonds. The summed E-state index contributed by atoms with van der Waals surface area (Å²) in [5.41, 5.74) is 0.365. The molecule has 1 aromatic carbocycles. The molecule has 0 aromatic heterocycles. The monoisotopic (exact) mass is 393 g/mol. The number of carboxylic acids is 1. The summed E-state index contributed by atoms with van der Waals surface area (Å²) in [6.07, 6.45) is 2.39. The van der Waals surface area contributed by atoms with Crippen LogP contribution >= 0.6 is 39.1 Å². The molecule has 2 unspecified atom stereocenters. The highest BCUT2D eigenvalue weighted by Gasteiger charge is 2.31. The largest absolute Gasteiger partial charge is 0.481 e. The first-order valence-electron chi connectivity index (χ1n) is 6.56. The van der Waals surface area contributed by atoms with Crippen molar-refractivity contribution in [2.24, 2.45) is 11.8 Å². The standard InChI is InChI=1S/C14H14BrCl2NO3/c15-9-5-10(16)12(11(17)6-9)18-13(19)7-2-1-3-8(4-7)14(20)21/h5-8H,1-4H2,(H,18,19)(H,20,21). The molecule has 21 heavy (non-hydrogen) atoms. The van der Waals surface area contributed by atoms with Crippen LogP contribution in [-0.4, -0.2) is 17.0 Å². The average molecular weight is 395 g/mol. The fourth-order valence-electron chi connectivity index (χ4n) is 2.54. The van der Waals surface area contributed by atoms with Gasteiger partial charge < -0.3 is 10.4 Å². The van der Waals surface area contributed by atoms with E-state index >= 15 is 0 Å². The fourth-order valence-corrected chi connectivity index (χ4v) is 3.84. The van der Waals surface area contributed by atoms with E-state index in [1.54, 1.807) is 12.1 Å². The predicted molar refractivity (Wildman–Crippen MR) is 85.9 cm³/mol. The molecule has 0 heterocycles. The topological polar surface area (TPSA) is 66.4 Å². The van der Waals surface area contributed by atoms with Crippen molar-refractivity contribution in [3.63, 3.8) is 0 Å². The van der Waals surface area contributed by atoms with Crippen LogP contribution < -0.4 is 5.32 Å². The zero-order chi connectivity index (χ0) is 15.6. The van der Waals surface area contributed by atoms with Crippen LogP contribution in [0.1, 0.15) is 25.7 Å². The van der Waals surface area contributed by atoms with E-state index in [1.807, 2.05) is 0 Å². The highest BCUT2D eigenvalue weighted by molar-refractivity contribution is 9.10. The van der Waals surface area contributed by atoms with Crippen LogP contribution in [0.5, 0.6) is 0 Å². The summed E-state index contributed by atoms with van der Waals surface area (Å²) < 4.78 is 0.721. The molecule has 0 saturated heterocycles. The number of aliphatic carboxylic acids is 1. The van der Waals surface area contributed by atoms with Gasteiger partial charge >= 0.3 is 5.97 Å². The number of anilines is 1. The molecule has 1 saturated carbocycles. The molecule has 1 aliphatic carbocycles. The van der Waals surface area contributed by atoms with Crippen molar-refractivity contribution >= 4 is 56.7 Å². The lowest BCUT2D eigenvalue weighted by Crippen LogP contribution is -2.31. The SMILES string of the molecule is O=C(O)C1CCCC(C(=O)Nc2c(Cl)cc(Br)cc2Cl)C1. The summed E-state index contributed by atoms with van der Waals surface area (Å²) in [7, 11) is 0. The van der Waals surface area contributed by atoms with E-state index in [-0.39, 0.29) is 11.8 Å². The second-order valence-corrected chi connectivity index (χ2v) is 6.86. The Morgan fingerprint density at radius 2 is 1.76 bits per heavy atom. The second-order valence-electron chi connectivity index (χ2n) is 5.13. The van der Waals surface area contributed by atoms with Crippen molar-refractivity contribution in [2.75, 3.05) is 5.32 Å². The van der Waals surface area contributed by atoms with Crippen LogP contribution in [0.15, 0.2) is 16.6 Å². The Bertz CT molecular complexity index is 556. The van der Waals surface area contributed by atoms with Crippen molar-refractivity contribution in [1.82, 2.24) is 0 Å². The summed E-state index contributed by atoms with van der Waals surface area (Å²) in [5.74, 6) is -1.85. The maximum Gasteiger partial charge on any atom is 0.306 e. The Balaban J connectivity index is 2.10. The van der Waals surface area contributed by atoms with Crippen LogP contribution in [0.2, 0.25) is 10.0 Å². The van der Waals surface area contributed by atoms with Crippen LogP contribution in [0.4, 0.5) is 5.69 Å². The molecule has 2 rings (SSSR count). The van der Waals surface area contributed by atoms with Gasteiger partial charge in [0.05, 0.1) is 21.7 Å². The van der Waals surface area contributed by atoms with Crippen molar-refractivity contribution < 1.29 is 14.7 Å². The highest BCUT2D eigenvalue weighted by atomic mass is 79.9. The van der Waals surface area contributed by atoms with Crippen LogP contribution in [0.3, 0.4) is 0 Å². The minimum Gasteiger partial charge on any atom is -0.481 e. The molecule has 0 bridgehead atoms. The number of benzene rings is 1. The number of halogens is 3. The third kappa shape index (κ3) is 4.11. The van der Waals surface area contributed by atoms with Crippen LogP contribution in [-0.2, 0) is 9.59 Å². The molecule has 2 N–H and O–H groups in total. The van der Waals surface area contributed by atoms with Crippen LogP contribution in [0, 0.1) is 11.8 Å². The summed E-state index contributed by atoms with van der Waals surface area (Å²) in [4.78, 5) is 23.3. The number of hydrogen-bond acceptors (Lipinski definition) is 2. The van der Waals surface area contributed by atoms with Gasteiger partial charge in [0.25, 0.3) is 0 Å². The normalized spacial score (nSPS) is 21.9. The van der Waals surface area contributed by atoms with E-state index in [0.29, 0.717) is 35.0 Å². The molecule has 0 spiro atoms. The number of amides is 1. The number of carbonyl (C=O) groups is 2. The predicted octanol–water partition coefficient (Wildman–Crippen LogP) is 4.59. The summed E-state index contributed by atoms with van der Waals surface area (Å²) in [6, 6.07) is 3.29. The zero-order valence-electron chi connectivity index (χ0n) is 11.0. The number of hydrogen-bond donors (Lipinski definition) is 2. The van der Waals surface area contributed by atoms with E-state index in [9.17, 15) is 9.59 Å². The molecule has 1 aliphatic rings. The van der Waals surface area contributed by atoms with Gasteiger partial charge in [-0.25, -0.2) is 0 Å². The quantitative estimate of drug-likeness (QED) is 0.787. The Morgan fingerprint density at radius 1 is 1.19 bits per heavy atom. The molecule has 1 fully saturated rings. The van der Waals surface area contributed by atoms with Crippen molar-refractivity contribution in [1.29, 1.82) is 0 Å². The van der Waals surface area contributed by atoms with Gasteiger partial charge in [0, 0.05) is 10.4 Å². The number of rotatable bonds is 3. The molecule has 114 valence electrons. The van der Waals surface area contributed by atoms with Crippen molar-refractivity contribution in [2.45, 2.75) is 25.7 Å². The van der Waals surface area contributed by atoms with Gasteiger partial charge in [0.2, 0.25) is 5.91 Å². The van der Waals surface area contributed by atoms with Gasteiger partial charge in [-0.3, -0.25) is 9.59 Å². The first-order chi connectivity index (χ1) is 9.88. The lowest BCUT2D eigenvalue weighted by molar-refractivity contribution is -0.143. The third-order valence-electron chi connectivity index (χ3n) is 3.65. The van der Waals surface area contributed by atoms with Crippen LogP contribution in [0.25, 0.3) is 0 Å². The number of nitrogens with one attached hydrogen (secondary N) is 1. The smallest absolute Gasteiger partial charge is 0.306 e. The van der Waals surface area contributed by atoms with E-state index in [0.717, 1.165) is 10.9 Å². The Kier molecular flexibility index (Phi) is 5.52. The van der Waals surface area contributed by atoms with Gasteiger partial charge in [-0.05, 0) is 31.4 Å². The maximum atomic E-state index is 12.3. The molecule has 0 aliphatic heterocycles. The summed E-state index contributed by atoms with van der Waals surface area (Å²) in [5, 5.41) is 12.5. The van der Waals surface area contributed by atoms with Gasteiger partial charge in [-0.2, -0.15) is 0 Å². The average Bonchev–Trinajstić information content (AvgIpc) is 2.42. The molecule has 7 heteroatoms. The summed E-state index contributed by atoms with van der Waals surface area (Å²) >= 11 is 15.4. The van der Waals surface area contributed by atoms with E-state index < -0.39 is 11.9 Å². The van der Waals surface area contributed by atoms with E-state index in [4.69, 9.17) is 28.3 Å². The third-order valence-corrected chi connectivity index (χ3v) is 4.70. The summed E-state index contributed by atoms with van der Waals surface area (Å²) in [6.45, 7) is 0. The lowest BCUT2D eigenvalue weighted by Gasteiger charge is -2.26. The number of carbonyl (C=O) groups excluding carboxylic acids is 1. The number of carboxylic acid groups (broad SMARTS) is 1. The van der Waals surface area contributed by atoms with Gasteiger partial charge in [-0.15, -0.1) is 0 Å². The zero-order valence-corrected chi connectivity index (χ0v) is 14.1. The minimum absolute atomic E-state index is 0.230. The Morgan fingerprint density at radius 3 is 2.33 bits per heavy atom. The lowest BCUT2D eigenvalue weighted by atomic mass is 9.81. The van der Waals surface area contributed by atoms with Crippen molar-refractivity contribution in [3.05, 3.63) is 26.7 Å². The molecule has 4 nitrogen and oxygen atoms in total. The fraction of sp³-hybridized carbons (Fsp3) is 0.429. The van der Waals surface area contributed by atoms with Gasteiger partial charge in [0.1, 0.15) is 0 Å². The Labute approximate surface area is 140 Å². The van der Waals surface area contributed by atoms with E-state index in [1.165, 1.54) is 0 Å². The Hall–Kier alpha value is -0.780. The molecule has 1 aromatic rings. The first kappa shape index (κ1) is 16.6. The maximum absolute atomic E-state index is 12.3. The van der Waals surface area contributed by atoms with Crippen molar-refractivity contribution in [3.8, 4) is 0 Å². The first-order valence-corrected chi connectivity index (χ1v) is 8.11. The highest BCUT2D eigenvalue weighted by Crippen LogP contribution is 2.35. The van der Waals surface area contributed by atoms with Gasteiger partial charge in [0.15, 0.2) is 0 Å². The molecular weight excluding hydrogens is 381 g/mol.